The monoisotopic (exact) mass is 291 g/mol. The summed E-state index contributed by atoms with van der Waals surface area (Å²) in [6, 6.07) is 2.03. The van der Waals surface area contributed by atoms with Crippen LogP contribution in [0.3, 0.4) is 0 Å². The zero-order valence-electron chi connectivity index (χ0n) is 11.0. The lowest BCUT2D eigenvalue weighted by molar-refractivity contribution is 0.388. The summed E-state index contributed by atoms with van der Waals surface area (Å²) in [5, 5.41) is 7.96. The van der Waals surface area contributed by atoms with Crippen molar-refractivity contribution in [2.24, 2.45) is 5.84 Å². The van der Waals surface area contributed by atoms with E-state index in [1.807, 2.05) is 13.0 Å². The van der Waals surface area contributed by atoms with Crippen LogP contribution < -0.4 is 16.6 Å². The molecule has 104 valence electrons. The summed E-state index contributed by atoms with van der Waals surface area (Å²) in [5.41, 5.74) is 2.47. The predicted molar refractivity (Wildman–Crippen MR) is 76.3 cm³/mol. The molecular weight excluding hydrogens is 278 g/mol. The molecule has 0 saturated heterocycles. The average Bonchev–Trinajstić information content (AvgIpc) is 3.00. The lowest BCUT2D eigenvalue weighted by Crippen LogP contribution is -2.12. The Morgan fingerprint density at radius 1 is 1.30 bits per heavy atom. The van der Waals surface area contributed by atoms with Crippen molar-refractivity contribution in [1.29, 1.82) is 0 Å². The fourth-order valence-electron chi connectivity index (χ4n) is 1.82. The summed E-state index contributed by atoms with van der Waals surface area (Å²) in [7, 11) is 0. The van der Waals surface area contributed by atoms with Gasteiger partial charge in [-0.2, -0.15) is 9.97 Å². The quantitative estimate of drug-likeness (QED) is 0.490. The molecule has 0 radical (unpaired) electrons. The van der Waals surface area contributed by atoms with Crippen LogP contribution in [-0.2, 0) is 6.54 Å². The highest BCUT2D eigenvalue weighted by Gasteiger charge is 2.11. The normalized spacial score (nSPS) is 10.9. The van der Waals surface area contributed by atoms with E-state index in [-0.39, 0.29) is 0 Å². The summed E-state index contributed by atoms with van der Waals surface area (Å²) in [6.07, 6.45) is 0. The van der Waals surface area contributed by atoms with Crippen LogP contribution in [0.2, 0.25) is 0 Å². The molecule has 0 aliphatic carbocycles. The van der Waals surface area contributed by atoms with Crippen LogP contribution in [0.25, 0.3) is 10.2 Å². The molecule has 0 bridgehead atoms. The molecule has 3 rings (SSSR count). The van der Waals surface area contributed by atoms with Crippen LogP contribution in [0.15, 0.2) is 10.6 Å². The zero-order valence-corrected chi connectivity index (χ0v) is 11.8. The molecule has 0 unspecified atom stereocenters. The Morgan fingerprint density at radius 3 is 2.85 bits per heavy atom. The van der Waals surface area contributed by atoms with E-state index >= 15 is 0 Å². The van der Waals surface area contributed by atoms with Gasteiger partial charge in [0.2, 0.25) is 11.8 Å². The highest BCUT2D eigenvalue weighted by atomic mass is 32.1. The average molecular weight is 291 g/mol. The van der Waals surface area contributed by atoms with Gasteiger partial charge in [-0.15, -0.1) is 11.3 Å². The molecule has 20 heavy (non-hydrogen) atoms. The fraction of sp³-hybridized carbons (Fsp3) is 0.273. The molecule has 0 aromatic carbocycles. The zero-order chi connectivity index (χ0) is 14.1. The minimum Gasteiger partial charge on any atom is -0.362 e. The molecule has 4 N–H and O–H groups in total. The molecular formula is C11H13N7OS. The van der Waals surface area contributed by atoms with Gasteiger partial charge in [-0.05, 0) is 13.0 Å². The number of hydrogen-bond acceptors (Lipinski definition) is 9. The number of rotatable bonds is 4. The first-order valence-electron chi connectivity index (χ1n) is 5.93. The Labute approximate surface area is 118 Å². The molecule has 9 heteroatoms. The van der Waals surface area contributed by atoms with Crippen LogP contribution in [0, 0.1) is 13.8 Å². The van der Waals surface area contributed by atoms with Crippen LogP contribution >= 0.6 is 11.3 Å². The molecule has 8 nitrogen and oxygen atoms in total. The van der Waals surface area contributed by atoms with Gasteiger partial charge in [0.15, 0.2) is 5.82 Å². The minimum absolute atomic E-state index is 0.367. The van der Waals surface area contributed by atoms with E-state index in [0.717, 1.165) is 15.1 Å². The van der Waals surface area contributed by atoms with Gasteiger partial charge >= 0.3 is 0 Å². The van der Waals surface area contributed by atoms with E-state index in [1.54, 1.807) is 18.3 Å². The molecule has 3 aromatic heterocycles. The van der Waals surface area contributed by atoms with Crippen molar-refractivity contribution in [3.8, 4) is 0 Å². The van der Waals surface area contributed by atoms with E-state index in [2.05, 4.69) is 30.9 Å². The molecule has 0 fully saturated rings. The number of thiophene rings is 1. The second kappa shape index (κ2) is 5.02. The van der Waals surface area contributed by atoms with Crippen LogP contribution in [0.4, 0.5) is 11.8 Å². The number of nitrogen functional groups attached to an aromatic ring is 1. The van der Waals surface area contributed by atoms with Gasteiger partial charge in [-0.3, -0.25) is 5.43 Å². The Morgan fingerprint density at radius 2 is 2.15 bits per heavy atom. The lowest BCUT2D eigenvalue weighted by Gasteiger charge is -2.06. The van der Waals surface area contributed by atoms with Gasteiger partial charge in [-0.1, -0.05) is 5.16 Å². The first kappa shape index (κ1) is 12.8. The number of fused-ring (bicyclic) bond motifs is 1. The number of aryl methyl sites for hydroxylation is 2. The van der Waals surface area contributed by atoms with Crippen LogP contribution in [0.5, 0.6) is 0 Å². The molecule has 3 heterocycles. The lowest BCUT2D eigenvalue weighted by atomic mass is 10.3. The summed E-state index contributed by atoms with van der Waals surface area (Å²) in [5.74, 6) is 7.55. The standard InChI is InChI=1S/C11H13N7OS/c1-5-3-7-9(13-4-8-14-6(2)19-18-8)15-11(17-12)16-10(7)20-5/h3H,4,12H2,1-2H3,(H2,13,15,16,17). The van der Waals surface area contributed by atoms with Gasteiger partial charge in [-0.25, -0.2) is 10.8 Å². The molecule has 0 aliphatic rings. The smallest absolute Gasteiger partial charge is 0.240 e. The third-order valence-corrected chi connectivity index (χ3v) is 3.57. The summed E-state index contributed by atoms with van der Waals surface area (Å²) >= 11 is 1.59. The summed E-state index contributed by atoms with van der Waals surface area (Å²) in [6.45, 7) is 4.19. The molecule has 0 saturated carbocycles. The molecule has 0 atom stereocenters. The van der Waals surface area contributed by atoms with Crippen molar-refractivity contribution in [2.45, 2.75) is 20.4 Å². The van der Waals surface area contributed by atoms with Gasteiger partial charge in [0.05, 0.1) is 11.9 Å². The number of nitrogens with one attached hydrogen (secondary N) is 2. The van der Waals surface area contributed by atoms with E-state index in [4.69, 9.17) is 10.4 Å². The van der Waals surface area contributed by atoms with Gasteiger partial charge in [0, 0.05) is 11.8 Å². The van der Waals surface area contributed by atoms with Crippen molar-refractivity contribution >= 4 is 33.3 Å². The number of aromatic nitrogens is 4. The highest BCUT2D eigenvalue weighted by molar-refractivity contribution is 7.18. The minimum atomic E-state index is 0.367. The highest BCUT2D eigenvalue weighted by Crippen LogP contribution is 2.29. The Hall–Kier alpha value is -2.26. The van der Waals surface area contributed by atoms with Gasteiger partial charge < -0.3 is 9.84 Å². The number of anilines is 2. The molecule has 0 amide bonds. The SMILES string of the molecule is Cc1nc(CNc2nc(NN)nc3sc(C)cc23)no1. The third kappa shape index (κ3) is 2.40. The summed E-state index contributed by atoms with van der Waals surface area (Å²) in [4.78, 5) is 14.8. The van der Waals surface area contributed by atoms with E-state index < -0.39 is 0 Å². The summed E-state index contributed by atoms with van der Waals surface area (Å²) < 4.78 is 4.93. The fourth-order valence-corrected chi connectivity index (χ4v) is 2.70. The second-order valence-electron chi connectivity index (χ2n) is 4.20. The maximum absolute atomic E-state index is 5.39. The Kier molecular flexibility index (Phi) is 3.20. The number of nitrogens with two attached hydrogens (primary N) is 1. The van der Waals surface area contributed by atoms with Crippen LogP contribution in [0.1, 0.15) is 16.6 Å². The van der Waals surface area contributed by atoms with Gasteiger partial charge in [0.1, 0.15) is 10.6 Å². The van der Waals surface area contributed by atoms with Crippen molar-refractivity contribution in [2.75, 3.05) is 10.7 Å². The largest absolute Gasteiger partial charge is 0.362 e. The van der Waals surface area contributed by atoms with E-state index in [9.17, 15) is 0 Å². The van der Waals surface area contributed by atoms with Crippen molar-refractivity contribution in [3.63, 3.8) is 0 Å². The molecule has 0 spiro atoms. The maximum atomic E-state index is 5.39. The number of hydrogen-bond donors (Lipinski definition) is 3. The van der Waals surface area contributed by atoms with Gasteiger partial charge in [0.25, 0.3) is 0 Å². The first-order chi connectivity index (χ1) is 9.65. The number of hydrazine groups is 1. The molecule has 3 aromatic rings. The Bertz CT molecular complexity index is 750. The second-order valence-corrected chi connectivity index (χ2v) is 5.43. The Balaban J connectivity index is 1.92. The van der Waals surface area contributed by atoms with E-state index in [0.29, 0.717) is 30.0 Å². The van der Waals surface area contributed by atoms with Crippen molar-refractivity contribution < 1.29 is 4.52 Å². The first-order valence-corrected chi connectivity index (χ1v) is 6.75. The van der Waals surface area contributed by atoms with Crippen molar-refractivity contribution in [1.82, 2.24) is 20.1 Å². The maximum Gasteiger partial charge on any atom is 0.240 e. The van der Waals surface area contributed by atoms with Crippen molar-refractivity contribution in [3.05, 3.63) is 22.7 Å². The molecule has 0 aliphatic heterocycles. The topological polar surface area (TPSA) is 115 Å². The predicted octanol–water partition coefficient (Wildman–Crippen LogP) is 1.59. The van der Waals surface area contributed by atoms with E-state index in [1.165, 1.54) is 0 Å². The number of nitrogens with zero attached hydrogens (tertiary/aromatic N) is 4. The van der Waals surface area contributed by atoms with Crippen LogP contribution in [-0.4, -0.2) is 20.1 Å². The third-order valence-electron chi connectivity index (χ3n) is 2.63.